The van der Waals surface area contributed by atoms with Gasteiger partial charge in [-0.1, -0.05) is 42.5 Å². The zero-order chi connectivity index (χ0) is 27.2. The van der Waals surface area contributed by atoms with Gasteiger partial charge in [0.05, 0.1) is 5.69 Å². The maximum absolute atomic E-state index is 13.7. The number of rotatable bonds is 10. The summed E-state index contributed by atoms with van der Waals surface area (Å²) in [5, 5.41) is 0.652. The molecule has 2 fully saturated rings. The number of nitrogen functional groups attached to an aromatic ring is 1. The van der Waals surface area contributed by atoms with Crippen molar-refractivity contribution in [2.45, 2.75) is 38.8 Å². The first-order valence-corrected chi connectivity index (χ1v) is 15.3. The first-order valence-electron chi connectivity index (χ1n) is 14.4. The Kier molecular flexibility index (Phi) is 17.9. The maximum Gasteiger partial charge on any atom is 0.180 e. The molecule has 1 aromatic heterocycles. The highest BCUT2D eigenvalue weighted by molar-refractivity contribution is 7.15. The van der Waals surface area contributed by atoms with Gasteiger partial charge in [0.25, 0.3) is 0 Å². The van der Waals surface area contributed by atoms with Crippen molar-refractivity contribution in [2.24, 2.45) is 0 Å². The first kappa shape index (κ1) is 39.8. The summed E-state index contributed by atoms with van der Waals surface area (Å²) in [6, 6.07) is 18.5. The topological polar surface area (TPSA) is 51.9 Å². The lowest BCUT2D eigenvalue weighted by Crippen LogP contribution is -2.53. The van der Waals surface area contributed by atoms with Crippen molar-refractivity contribution in [3.8, 4) is 11.3 Å². The number of benzene rings is 2. The normalized spacial score (nSPS) is 17.3. The van der Waals surface area contributed by atoms with Gasteiger partial charge in [0.1, 0.15) is 5.82 Å². The monoisotopic (exact) mass is 694 g/mol. The zero-order valence-corrected chi connectivity index (χ0v) is 29.2. The van der Waals surface area contributed by atoms with Crippen LogP contribution in [-0.2, 0) is 6.42 Å². The lowest BCUT2D eigenvalue weighted by Gasteiger charge is -2.43. The van der Waals surface area contributed by atoms with Crippen LogP contribution in [0.4, 0.5) is 9.52 Å². The summed E-state index contributed by atoms with van der Waals surface area (Å²) in [5.41, 5.74) is 9.50. The molecule has 0 saturated carbocycles. The van der Waals surface area contributed by atoms with Crippen LogP contribution in [0.1, 0.15) is 36.8 Å². The number of aryl methyl sites for hydroxylation is 1. The average molecular weight is 697 g/mol. The van der Waals surface area contributed by atoms with Crippen molar-refractivity contribution in [3.05, 3.63) is 70.9 Å². The number of anilines is 1. The summed E-state index contributed by atoms with van der Waals surface area (Å²) in [6.07, 6.45) is 2.12. The van der Waals surface area contributed by atoms with Gasteiger partial charge >= 0.3 is 0 Å². The van der Waals surface area contributed by atoms with E-state index in [2.05, 4.69) is 62.7 Å². The molecule has 1 atom stereocenters. The van der Waals surface area contributed by atoms with E-state index >= 15 is 0 Å². The van der Waals surface area contributed by atoms with Crippen molar-refractivity contribution < 1.29 is 4.39 Å². The van der Waals surface area contributed by atoms with Crippen LogP contribution in [-0.4, -0.2) is 96.1 Å². The molecule has 6 nitrogen and oxygen atoms in total. The maximum atomic E-state index is 13.7. The summed E-state index contributed by atoms with van der Waals surface area (Å²) < 4.78 is 13.7. The molecule has 2 aliphatic heterocycles. The highest BCUT2D eigenvalue weighted by Gasteiger charge is 2.29. The van der Waals surface area contributed by atoms with E-state index in [9.17, 15) is 4.39 Å². The molecule has 0 radical (unpaired) electrons. The van der Waals surface area contributed by atoms with E-state index in [0.717, 1.165) is 89.5 Å². The van der Waals surface area contributed by atoms with Crippen LogP contribution >= 0.6 is 61.0 Å². The summed E-state index contributed by atoms with van der Waals surface area (Å²) >= 11 is 1.63. The zero-order valence-electron chi connectivity index (χ0n) is 25.1. The number of halogens is 5. The van der Waals surface area contributed by atoms with Crippen LogP contribution in [0.3, 0.4) is 0 Å². The molecule has 0 aliphatic carbocycles. The molecule has 3 aromatic rings. The molecule has 2 N–H and O–H groups in total. The Labute approximate surface area is 285 Å². The van der Waals surface area contributed by atoms with Crippen LogP contribution in [0.2, 0.25) is 0 Å². The molecule has 2 aliphatic rings. The second-order valence-electron chi connectivity index (χ2n) is 11.2. The van der Waals surface area contributed by atoms with E-state index in [1.807, 2.05) is 18.2 Å². The van der Waals surface area contributed by atoms with Gasteiger partial charge in [-0.05, 0) is 50.9 Å². The van der Waals surface area contributed by atoms with Gasteiger partial charge < -0.3 is 10.6 Å². The molecular weight excluding hydrogens is 649 g/mol. The number of aromatic nitrogens is 1. The molecule has 43 heavy (non-hydrogen) atoms. The van der Waals surface area contributed by atoms with Crippen LogP contribution in [0.25, 0.3) is 11.3 Å². The van der Waals surface area contributed by atoms with Gasteiger partial charge in [0.15, 0.2) is 5.13 Å². The third-order valence-corrected chi connectivity index (χ3v) is 9.25. The van der Waals surface area contributed by atoms with Gasteiger partial charge in [0.2, 0.25) is 0 Å². The SMILES string of the molecule is CC(C)N1CCN(C(CN2CCN(CCCc3sc(N)nc3-c3ccccc3)CC2)c2ccc(F)cc2)CC1.Cl.Cl.Cl.Cl. The predicted molar refractivity (Wildman–Crippen MR) is 190 cm³/mol. The fraction of sp³-hybridized carbons (Fsp3) is 0.516. The summed E-state index contributed by atoms with van der Waals surface area (Å²) in [4.78, 5) is 16.3. The van der Waals surface area contributed by atoms with E-state index < -0.39 is 0 Å². The standard InChI is InChI=1S/C31H43FN6S.4ClH/c1-24(2)37-19-21-38(22-20-37)28(25-10-12-27(32)13-11-25)23-36-17-15-35(16-18-36)14-6-9-29-30(34-31(33)39-29)26-7-4-3-5-8-26;;;;/h3-5,7-8,10-13,24,28H,6,9,14-23H2,1-2H3,(H2,33,34);4*1H. The van der Waals surface area contributed by atoms with Crippen molar-refractivity contribution >= 4 is 66.1 Å². The Bertz CT molecular complexity index is 1170. The van der Waals surface area contributed by atoms with Crippen LogP contribution in [0, 0.1) is 5.82 Å². The van der Waals surface area contributed by atoms with Crippen molar-refractivity contribution in [1.29, 1.82) is 0 Å². The lowest BCUT2D eigenvalue weighted by atomic mass is 10.0. The highest BCUT2D eigenvalue weighted by atomic mass is 35.5. The number of nitrogens with two attached hydrogens (primary N) is 1. The molecule has 0 bridgehead atoms. The minimum Gasteiger partial charge on any atom is -0.375 e. The number of piperazine rings is 2. The highest BCUT2D eigenvalue weighted by Crippen LogP contribution is 2.31. The summed E-state index contributed by atoms with van der Waals surface area (Å²) in [7, 11) is 0. The third kappa shape index (κ3) is 11.0. The van der Waals surface area contributed by atoms with Crippen molar-refractivity contribution in [2.75, 3.05) is 71.2 Å². The van der Waals surface area contributed by atoms with E-state index in [0.29, 0.717) is 17.2 Å². The quantitative estimate of drug-likeness (QED) is 0.260. The predicted octanol–water partition coefficient (Wildman–Crippen LogP) is 6.54. The van der Waals surface area contributed by atoms with E-state index in [1.54, 1.807) is 23.5 Å². The Balaban J connectivity index is 0.00000231. The van der Waals surface area contributed by atoms with Gasteiger partial charge in [-0.3, -0.25) is 14.7 Å². The molecule has 12 heteroatoms. The van der Waals surface area contributed by atoms with E-state index in [-0.39, 0.29) is 55.4 Å². The largest absolute Gasteiger partial charge is 0.375 e. The van der Waals surface area contributed by atoms with Gasteiger partial charge in [-0.15, -0.1) is 61.0 Å². The number of hydrogen-bond acceptors (Lipinski definition) is 7. The molecule has 0 spiro atoms. The minimum atomic E-state index is -0.160. The second-order valence-corrected chi connectivity index (χ2v) is 12.3. The Hall–Kier alpha value is -1.20. The van der Waals surface area contributed by atoms with Crippen molar-refractivity contribution in [1.82, 2.24) is 24.6 Å². The Morgan fingerprint density at radius 3 is 1.98 bits per heavy atom. The van der Waals surface area contributed by atoms with Crippen molar-refractivity contribution in [3.63, 3.8) is 0 Å². The molecular formula is C31H47Cl4FN6S. The molecule has 2 saturated heterocycles. The third-order valence-electron chi connectivity index (χ3n) is 8.31. The Morgan fingerprint density at radius 1 is 0.791 bits per heavy atom. The number of thiazole rings is 1. The second kappa shape index (κ2) is 19.3. The molecule has 242 valence electrons. The lowest BCUT2D eigenvalue weighted by molar-refractivity contribution is 0.0481. The molecule has 5 rings (SSSR count). The van der Waals surface area contributed by atoms with Gasteiger partial charge in [-0.25, -0.2) is 9.37 Å². The van der Waals surface area contributed by atoms with Crippen LogP contribution < -0.4 is 5.73 Å². The fourth-order valence-electron chi connectivity index (χ4n) is 5.95. The van der Waals surface area contributed by atoms with Gasteiger partial charge in [0, 0.05) is 81.4 Å². The molecule has 2 aromatic carbocycles. The van der Waals surface area contributed by atoms with E-state index in [1.165, 1.54) is 10.4 Å². The summed E-state index contributed by atoms with van der Waals surface area (Å²) in [5.74, 6) is -0.160. The van der Waals surface area contributed by atoms with E-state index in [4.69, 9.17) is 5.73 Å². The number of hydrogen-bond donors (Lipinski definition) is 1. The molecule has 1 unspecified atom stereocenters. The smallest absolute Gasteiger partial charge is 0.180 e. The number of nitrogens with zero attached hydrogens (tertiary/aromatic N) is 5. The Morgan fingerprint density at radius 2 is 1.37 bits per heavy atom. The average Bonchev–Trinajstić information content (AvgIpc) is 3.34. The van der Waals surface area contributed by atoms with Crippen LogP contribution in [0.15, 0.2) is 54.6 Å². The molecule has 0 amide bonds. The minimum absolute atomic E-state index is 0. The van der Waals surface area contributed by atoms with Crippen LogP contribution in [0.5, 0.6) is 0 Å². The van der Waals surface area contributed by atoms with Gasteiger partial charge in [-0.2, -0.15) is 0 Å². The fourth-order valence-corrected chi connectivity index (χ4v) is 6.84. The summed E-state index contributed by atoms with van der Waals surface area (Å²) in [6.45, 7) is 15.3. The first-order chi connectivity index (χ1) is 19.0. The molecule has 3 heterocycles.